The fraction of sp³-hybridized carbons (Fsp3) is 0.400. The van der Waals surface area contributed by atoms with Gasteiger partial charge in [0.05, 0.1) is 5.69 Å². The molecule has 0 bridgehead atoms. The Bertz CT molecular complexity index is 510. The predicted molar refractivity (Wildman–Crippen MR) is 76.4 cm³/mol. The number of hydrogen-bond donors (Lipinski definition) is 1. The van der Waals surface area contributed by atoms with Gasteiger partial charge in [-0.3, -0.25) is 4.68 Å². The van der Waals surface area contributed by atoms with Crippen LogP contribution in [-0.4, -0.2) is 9.78 Å². The van der Waals surface area contributed by atoms with Crippen molar-refractivity contribution in [2.45, 2.75) is 32.6 Å². The molecule has 0 aliphatic carbocycles. The highest BCUT2D eigenvalue weighted by Crippen LogP contribution is 2.35. The summed E-state index contributed by atoms with van der Waals surface area (Å²) >= 11 is 0. The van der Waals surface area contributed by atoms with Crippen LogP contribution in [0.5, 0.6) is 0 Å². The minimum absolute atomic E-state index is 0.476. The maximum atomic E-state index is 6.18. The first-order valence-corrected chi connectivity index (χ1v) is 6.56. The van der Waals surface area contributed by atoms with E-state index >= 15 is 0 Å². The Kier molecular flexibility index (Phi) is 3.70. The van der Waals surface area contributed by atoms with Gasteiger partial charge in [0.15, 0.2) is 0 Å². The number of nitrogens with two attached hydrogens (primary N) is 1. The Hall–Kier alpha value is -1.77. The van der Waals surface area contributed by atoms with Crippen LogP contribution in [0.3, 0.4) is 0 Å². The van der Waals surface area contributed by atoms with Gasteiger partial charge >= 0.3 is 0 Å². The normalized spacial score (nSPS) is 11.1. The van der Waals surface area contributed by atoms with Gasteiger partial charge in [-0.05, 0) is 18.4 Å². The maximum absolute atomic E-state index is 6.18. The van der Waals surface area contributed by atoms with Gasteiger partial charge in [0.25, 0.3) is 0 Å². The van der Waals surface area contributed by atoms with E-state index in [9.17, 15) is 0 Å². The smallest absolute Gasteiger partial charge is 0.129 e. The lowest BCUT2D eigenvalue weighted by molar-refractivity contribution is 0.606. The summed E-state index contributed by atoms with van der Waals surface area (Å²) in [5.74, 6) is 1.23. The molecule has 2 rings (SSSR count). The van der Waals surface area contributed by atoms with Gasteiger partial charge in [0.2, 0.25) is 0 Å². The molecule has 3 heteroatoms. The quantitative estimate of drug-likeness (QED) is 0.892. The monoisotopic (exact) mass is 243 g/mol. The summed E-state index contributed by atoms with van der Waals surface area (Å²) in [4.78, 5) is 0. The highest BCUT2D eigenvalue weighted by Gasteiger charge is 2.20. The topological polar surface area (TPSA) is 43.8 Å². The van der Waals surface area contributed by atoms with Crippen molar-refractivity contribution in [2.24, 2.45) is 7.05 Å². The highest BCUT2D eigenvalue weighted by molar-refractivity contribution is 5.77. The van der Waals surface area contributed by atoms with Crippen LogP contribution in [0.2, 0.25) is 0 Å². The number of nitrogens with zero attached hydrogens (tertiary/aromatic N) is 2. The largest absolute Gasteiger partial charge is 0.383 e. The lowest BCUT2D eigenvalue weighted by atomic mass is 9.93. The Morgan fingerprint density at radius 3 is 2.33 bits per heavy atom. The number of anilines is 1. The molecule has 2 aromatic rings. The molecule has 0 fully saturated rings. The summed E-state index contributed by atoms with van der Waals surface area (Å²) in [6, 6.07) is 10.3. The molecule has 0 amide bonds. The van der Waals surface area contributed by atoms with Crippen molar-refractivity contribution >= 4 is 5.82 Å². The van der Waals surface area contributed by atoms with Gasteiger partial charge in [0, 0.05) is 18.5 Å². The second kappa shape index (κ2) is 5.25. The molecule has 0 saturated heterocycles. The average molecular weight is 243 g/mol. The van der Waals surface area contributed by atoms with Gasteiger partial charge in [-0.25, -0.2) is 0 Å². The predicted octanol–water partition coefficient (Wildman–Crippen LogP) is 3.57. The SMILES string of the molecule is CCC(CC)c1nn(C)c(N)c1-c1ccccc1. The Labute approximate surface area is 109 Å². The van der Waals surface area contributed by atoms with Crippen molar-refractivity contribution in [1.29, 1.82) is 0 Å². The van der Waals surface area contributed by atoms with Crippen LogP contribution in [0.1, 0.15) is 38.3 Å². The van der Waals surface area contributed by atoms with E-state index in [0.717, 1.165) is 35.5 Å². The first-order valence-electron chi connectivity index (χ1n) is 6.56. The first kappa shape index (κ1) is 12.7. The highest BCUT2D eigenvalue weighted by atomic mass is 15.3. The number of benzene rings is 1. The molecule has 96 valence electrons. The molecule has 2 N–H and O–H groups in total. The molecule has 1 aromatic heterocycles. The molecule has 0 atom stereocenters. The lowest BCUT2D eigenvalue weighted by Crippen LogP contribution is -1.99. The fourth-order valence-electron chi connectivity index (χ4n) is 2.42. The summed E-state index contributed by atoms with van der Waals surface area (Å²) in [6.45, 7) is 4.40. The van der Waals surface area contributed by atoms with Crippen LogP contribution in [-0.2, 0) is 7.05 Å². The van der Waals surface area contributed by atoms with E-state index in [1.54, 1.807) is 4.68 Å². The molecule has 0 spiro atoms. The van der Waals surface area contributed by atoms with Crippen LogP contribution >= 0.6 is 0 Å². The van der Waals surface area contributed by atoms with E-state index in [0.29, 0.717) is 5.92 Å². The van der Waals surface area contributed by atoms with Crippen molar-refractivity contribution in [3.05, 3.63) is 36.0 Å². The van der Waals surface area contributed by atoms with Gasteiger partial charge in [-0.2, -0.15) is 5.10 Å². The molecule has 1 heterocycles. The van der Waals surface area contributed by atoms with E-state index in [2.05, 4.69) is 31.1 Å². The van der Waals surface area contributed by atoms with E-state index in [4.69, 9.17) is 5.73 Å². The maximum Gasteiger partial charge on any atom is 0.129 e. The van der Waals surface area contributed by atoms with Crippen molar-refractivity contribution < 1.29 is 0 Å². The molecule has 1 aromatic carbocycles. The first-order chi connectivity index (χ1) is 8.69. The standard InChI is InChI=1S/C15H21N3/c1-4-11(5-2)14-13(15(16)18(3)17-14)12-9-7-6-8-10-12/h6-11H,4-5,16H2,1-3H3. The van der Waals surface area contributed by atoms with Gasteiger partial charge in [-0.1, -0.05) is 44.2 Å². The van der Waals surface area contributed by atoms with Gasteiger partial charge in [-0.15, -0.1) is 0 Å². The van der Waals surface area contributed by atoms with E-state index in [-0.39, 0.29) is 0 Å². The van der Waals surface area contributed by atoms with Crippen LogP contribution in [0.25, 0.3) is 11.1 Å². The summed E-state index contributed by atoms with van der Waals surface area (Å²) in [5.41, 5.74) is 9.57. The minimum atomic E-state index is 0.476. The van der Waals surface area contributed by atoms with E-state index in [1.807, 2.05) is 25.2 Å². The van der Waals surface area contributed by atoms with Crippen LogP contribution in [0, 0.1) is 0 Å². The lowest BCUT2D eigenvalue weighted by Gasteiger charge is -2.12. The second-order valence-corrected chi connectivity index (χ2v) is 4.65. The number of nitrogen functional groups attached to an aromatic ring is 1. The second-order valence-electron chi connectivity index (χ2n) is 4.65. The Morgan fingerprint density at radius 1 is 1.17 bits per heavy atom. The van der Waals surface area contributed by atoms with Crippen molar-refractivity contribution in [2.75, 3.05) is 5.73 Å². The molecule has 0 aliphatic heterocycles. The van der Waals surface area contributed by atoms with Gasteiger partial charge in [0.1, 0.15) is 5.82 Å². The third-order valence-corrected chi connectivity index (χ3v) is 3.55. The third kappa shape index (κ3) is 2.13. The Morgan fingerprint density at radius 2 is 1.78 bits per heavy atom. The number of aryl methyl sites for hydroxylation is 1. The van der Waals surface area contributed by atoms with Crippen molar-refractivity contribution in [3.8, 4) is 11.1 Å². The fourth-order valence-corrected chi connectivity index (χ4v) is 2.42. The molecule has 0 unspecified atom stereocenters. The Balaban J connectivity index is 2.58. The zero-order valence-electron chi connectivity index (χ0n) is 11.4. The minimum Gasteiger partial charge on any atom is -0.383 e. The van der Waals surface area contributed by atoms with E-state index < -0.39 is 0 Å². The van der Waals surface area contributed by atoms with Crippen LogP contribution in [0.4, 0.5) is 5.82 Å². The molecule has 3 nitrogen and oxygen atoms in total. The molecule has 0 radical (unpaired) electrons. The summed E-state index contributed by atoms with van der Waals surface area (Å²) in [5, 5.41) is 4.62. The van der Waals surface area contributed by atoms with Crippen LogP contribution in [0.15, 0.2) is 30.3 Å². The van der Waals surface area contributed by atoms with Gasteiger partial charge < -0.3 is 5.73 Å². The zero-order chi connectivity index (χ0) is 13.1. The molecule has 18 heavy (non-hydrogen) atoms. The summed E-state index contributed by atoms with van der Waals surface area (Å²) in [6.07, 6.45) is 2.18. The van der Waals surface area contributed by atoms with Crippen LogP contribution < -0.4 is 5.73 Å². The molecule has 0 saturated carbocycles. The molecular formula is C15H21N3. The molecular weight excluding hydrogens is 222 g/mol. The van der Waals surface area contributed by atoms with Crippen molar-refractivity contribution in [1.82, 2.24) is 9.78 Å². The number of hydrogen-bond acceptors (Lipinski definition) is 2. The zero-order valence-corrected chi connectivity index (χ0v) is 11.4. The average Bonchev–Trinajstić information content (AvgIpc) is 2.68. The molecule has 0 aliphatic rings. The number of rotatable bonds is 4. The van der Waals surface area contributed by atoms with Crippen molar-refractivity contribution in [3.63, 3.8) is 0 Å². The van der Waals surface area contributed by atoms with E-state index in [1.165, 1.54) is 0 Å². The third-order valence-electron chi connectivity index (χ3n) is 3.55. The summed E-state index contributed by atoms with van der Waals surface area (Å²) < 4.78 is 1.79. The number of aromatic nitrogens is 2. The summed E-state index contributed by atoms with van der Waals surface area (Å²) in [7, 11) is 1.91.